The van der Waals surface area contributed by atoms with Crippen molar-refractivity contribution in [2.75, 3.05) is 23.4 Å². The van der Waals surface area contributed by atoms with Crippen molar-refractivity contribution in [2.45, 2.75) is 20.3 Å². The second-order valence-corrected chi connectivity index (χ2v) is 6.34. The molecule has 0 radical (unpaired) electrons. The molecule has 7 heteroatoms. The van der Waals surface area contributed by atoms with Gasteiger partial charge in [-0.15, -0.1) is 0 Å². The van der Waals surface area contributed by atoms with E-state index in [1.807, 2.05) is 19.1 Å². The van der Waals surface area contributed by atoms with Crippen LogP contribution in [0.1, 0.15) is 20.3 Å². The first-order valence-corrected chi connectivity index (χ1v) is 8.92. The van der Waals surface area contributed by atoms with Gasteiger partial charge in [0.15, 0.2) is 0 Å². The Balaban J connectivity index is 2.07. The van der Waals surface area contributed by atoms with Crippen molar-refractivity contribution < 1.29 is 14.3 Å². The third kappa shape index (κ3) is 5.38. The molecular formula is C19H20Cl2N2O3. The Morgan fingerprint density at radius 1 is 1.15 bits per heavy atom. The second-order valence-electron chi connectivity index (χ2n) is 5.49. The number of rotatable bonds is 7. The molecule has 0 aliphatic rings. The van der Waals surface area contributed by atoms with E-state index < -0.39 is 0 Å². The summed E-state index contributed by atoms with van der Waals surface area (Å²) in [5, 5.41) is 3.66. The van der Waals surface area contributed by atoms with Crippen molar-refractivity contribution >= 4 is 46.4 Å². The number of halogens is 2. The van der Waals surface area contributed by atoms with Crippen LogP contribution < -0.4 is 15.0 Å². The summed E-state index contributed by atoms with van der Waals surface area (Å²) >= 11 is 12.2. The number of hydrogen-bond acceptors (Lipinski definition) is 3. The lowest BCUT2D eigenvalue weighted by atomic mass is 10.2. The van der Waals surface area contributed by atoms with Crippen molar-refractivity contribution in [3.8, 4) is 5.75 Å². The molecule has 0 spiro atoms. The van der Waals surface area contributed by atoms with Gasteiger partial charge in [-0.1, -0.05) is 35.3 Å². The highest BCUT2D eigenvalue weighted by atomic mass is 35.5. The molecule has 26 heavy (non-hydrogen) atoms. The van der Waals surface area contributed by atoms with Gasteiger partial charge in [-0.3, -0.25) is 9.59 Å². The minimum Gasteiger partial charge on any atom is -0.492 e. The van der Waals surface area contributed by atoms with E-state index in [-0.39, 0.29) is 24.8 Å². The number of ether oxygens (including phenoxy) is 1. The fraction of sp³-hybridized carbons (Fsp3) is 0.263. The first-order chi connectivity index (χ1) is 12.4. The molecule has 5 nitrogen and oxygen atoms in total. The van der Waals surface area contributed by atoms with Gasteiger partial charge in [-0.25, -0.2) is 0 Å². The maximum atomic E-state index is 12.3. The Labute approximate surface area is 162 Å². The van der Waals surface area contributed by atoms with E-state index in [2.05, 4.69) is 5.32 Å². The molecule has 0 bridgehead atoms. The van der Waals surface area contributed by atoms with Crippen molar-refractivity contribution in [1.82, 2.24) is 0 Å². The molecule has 0 fully saturated rings. The van der Waals surface area contributed by atoms with E-state index in [0.29, 0.717) is 33.8 Å². The minimum absolute atomic E-state index is 0.100. The van der Waals surface area contributed by atoms with Crippen LogP contribution in [0.25, 0.3) is 0 Å². The fourth-order valence-corrected chi connectivity index (χ4v) is 2.80. The highest BCUT2D eigenvalue weighted by Crippen LogP contribution is 2.29. The molecule has 2 rings (SSSR count). The molecule has 138 valence electrons. The Hall–Kier alpha value is -2.24. The zero-order chi connectivity index (χ0) is 19.1. The lowest BCUT2D eigenvalue weighted by Gasteiger charge is -2.22. The summed E-state index contributed by atoms with van der Waals surface area (Å²) in [7, 11) is 0. The number of nitrogens with zero attached hydrogens (tertiary/aromatic N) is 1. The average molecular weight is 395 g/mol. The van der Waals surface area contributed by atoms with Gasteiger partial charge in [-0.2, -0.15) is 0 Å². The van der Waals surface area contributed by atoms with Crippen LogP contribution in [0.5, 0.6) is 5.75 Å². The summed E-state index contributed by atoms with van der Waals surface area (Å²) in [4.78, 5) is 25.7. The molecule has 0 aliphatic carbocycles. The molecule has 2 aromatic rings. The van der Waals surface area contributed by atoms with E-state index in [4.69, 9.17) is 27.9 Å². The first-order valence-electron chi connectivity index (χ1n) is 8.17. The largest absolute Gasteiger partial charge is 0.492 e. The number of hydrogen-bond donors (Lipinski definition) is 1. The van der Waals surface area contributed by atoms with Gasteiger partial charge in [0.25, 0.3) is 0 Å². The van der Waals surface area contributed by atoms with E-state index in [9.17, 15) is 9.59 Å². The number of carbonyl (C=O) groups is 2. The minimum atomic E-state index is -0.235. The van der Waals surface area contributed by atoms with Crippen molar-refractivity contribution in [3.05, 3.63) is 52.5 Å². The third-order valence-corrected chi connectivity index (χ3v) is 4.16. The number of benzene rings is 2. The van der Waals surface area contributed by atoms with Crippen LogP contribution in [-0.4, -0.2) is 25.0 Å². The molecule has 0 aliphatic heterocycles. The first kappa shape index (κ1) is 20.1. The molecule has 0 heterocycles. The van der Waals surface area contributed by atoms with Gasteiger partial charge in [0.1, 0.15) is 5.75 Å². The summed E-state index contributed by atoms with van der Waals surface area (Å²) in [6, 6.07) is 12.1. The SMILES string of the molecule is CCOc1ccccc1NC(=O)CCN(C(C)=O)c1cc(Cl)ccc1Cl. The molecular weight excluding hydrogens is 375 g/mol. The summed E-state index contributed by atoms with van der Waals surface area (Å²) in [5.41, 5.74) is 1.07. The zero-order valence-corrected chi connectivity index (χ0v) is 16.1. The van der Waals surface area contributed by atoms with Gasteiger partial charge in [0, 0.05) is 24.9 Å². The van der Waals surface area contributed by atoms with Crippen LogP contribution >= 0.6 is 23.2 Å². The predicted molar refractivity (Wildman–Crippen MR) is 105 cm³/mol. The van der Waals surface area contributed by atoms with Crippen LogP contribution in [-0.2, 0) is 9.59 Å². The molecule has 2 aromatic carbocycles. The number of carbonyl (C=O) groups excluding carboxylic acids is 2. The molecule has 1 N–H and O–H groups in total. The zero-order valence-electron chi connectivity index (χ0n) is 14.6. The monoisotopic (exact) mass is 394 g/mol. The predicted octanol–water partition coefficient (Wildman–Crippen LogP) is 4.77. The molecule has 0 atom stereocenters. The summed E-state index contributed by atoms with van der Waals surface area (Å²) in [5.74, 6) is 0.142. The van der Waals surface area contributed by atoms with Crippen molar-refractivity contribution in [1.29, 1.82) is 0 Å². The van der Waals surface area contributed by atoms with Gasteiger partial charge in [0.2, 0.25) is 11.8 Å². The Morgan fingerprint density at radius 3 is 2.58 bits per heavy atom. The number of anilines is 2. The van der Waals surface area contributed by atoms with Crippen molar-refractivity contribution in [2.24, 2.45) is 0 Å². The normalized spacial score (nSPS) is 10.3. The van der Waals surface area contributed by atoms with Crippen molar-refractivity contribution in [3.63, 3.8) is 0 Å². The Bertz CT molecular complexity index is 796. The quantitative estimate of drug-likeness (QED) is 0.735. The topological polar surface area (TPSA) is 58.6 Å². The number of para-hydroxylation sites is 2. The van der Waals surface area contributed by atoms with Crippen LogP contribution in [0.4, 0.5) is 11.4 Å². The summed E-state index contributed by atoms with van der Waals surface area (Å²) in [6.07, 6.45) is 0.100. The lowest BCUT2D eigenvalue weighted by Crippen LogP contribution is -2.32. The van der Waals surface area contributed by atoms with E-state index in [0.717, 1.165) is 0 Å². The Kier molecular flexibility index (Phi) is 7.30. The van der Waals surface area contributed by atoms with Gasteiger partial charge in [0.05, 0.1) is 23.0 Å². The highest BCUT2D eigenvalue weighted by molar-refractivity contribution is 6.35. The summed E-state index contributed by atoms with van der Waals surface area (Å²) < 4.78 is 5.49. The molecule has 0 saturated heterocycles. The number of amides is 2. The van der Waals surface area contributed by atoms with E-state index in [1.54, 1.807) is 30.3 Å². The van der Waals surface area contributed by atoms with Gasteiger partial charge in [-0.05, 0) is 37.3 Å². The second kappa shape index (κ2) is 9.46. The Morgan fingerprint density at radius 2 is 1.88 bits per heavy atom. The smallest absolute Gasteiger partial charge is 0.226 e. The maximum absolute atomic E-state index is 12.3. The fourth-order valence-electron chi connectivity index (χ4n) is 2.42. The van der Waals surface area contributed by atoms with Crippen LogP contribution in [0.3, 0.4) is 0 Å². The van der Waals surface area contributed by atoms with Gasteiger partial charge >= 0.3 is 0 Å². The molecule has 2 amide bonds. The molecule has 0 unspecified atom stereocenters. The van der Waals surface area contributed by atoms with Crippen LogP contribution in [0.2, 0.25) is 10.0 Å². The van der Waals surface area contributed by atoms with Gasteiger partial charge < -0.3 is 15.0 Å². The third-order valence-electron chi connectivity index (χ3n) is 3.60. The average Bonchev–Trinajstić information content (AvgIpc) is 2.59. The lowest BCUT2D eigenvalue weighted by molar-refractivity contribution is -0.117. The highest BCUT2D eigenvalue weighted by Gasteiger charge is 2.17. The molecule has 0 aromatic heterocycles. The standard InChI is InChI=1S/C19H20Cl2N2O3/c1-3-26-18-7-5-4-6-16(18)22-19(25)10-11-23(13(2)24)17-12-14(20)8-9-15(17)21/h4-9,12H,3,10-11H2,1-2H3,(H,22,25). The molecule has 0 saturated carbocycles. The van der Waals surface area contributed by atoms with E-state index >= 15 is 0 Å². The van der Waals surface area contributed by atoms with E-state index in [1.165, 1.54) is 11.8 Å². The number of nitrogens with one attached hydrogen (secondary N) is 1. The summed E-state index contributed by atoms with van der Waals surface area (Å²) in [6.45, 7) is 3.97. The van der Waals surface area contributed by atoms with Crippen LogP contribution in [0.15, 0.2) is 42.5 Å². The van der Waals surface area contributed by atoms with Crippen LogP contribution in [0, 0.1) is 0 Å². The maximum Gasteiger partial charge on any atom is 0.226 e.